The van der Waals surface area contributed by atoms with E-state index in [0.717, 1.165) is 16.6 Å². The highest BCUT2D eigenvalue weighted by atomic mass is 16.2. The number of carbonyl (C=O) groups is 1. The van der Waals surface area contributed by atoms with E-state index in [1.165, 1.54) is 5.56 Å². The maximum absolute atomic E-state index is 12.3. The van der Waals surface area contributed by atoms with Gasteiger partial charge in [-0.2, -0.15) is 0 Å². The van der Waals surface area contributed by atoms with Crippen molar-refractivity contribution in [2.45, 2.75) is 26.4 Å². The number of benzene rings is 2. The molecule has 1 N–H and O–H groups in total. The monoisotopic (exact) mass is 293 g/mol. The van der Waals surface area contributed by atoms with E-state index in [1.807, 2.05) is 54.0 Å². The van der Waals surface area contributed by atoms with E-state index in [2.05, 4.69) is 23.3 Å². The summed E-state index contributed by atoms with van der Waals surface area (Å²) in [7, 11) is 0. The van der Waals surface area contributed by atoms with Crippen molar-refractivity contribution in [2.75, 3.05) is 0 Å². The Balaban J connectivity index is 1.71. The number of aromatic nitrogens is 2. The Bertz CT molecular complexity index is 807. The summed E-state index contributed by atoms with van der Waals surface area (Å²) >= 11 is 0. The number of nitrogens with one attached hydrogen (secondary N) is 1. The minimum Gasteiger partial charge on any atom is -0.348 e. The number of imidazole rings is 1. The third kappa shape index (κ3) is 2.86. The molecule has 3 rings (SSSR count). The van der Waals surface area contributed by atoms with Crippen molar-refractivity contribution in [3.8, 4) is 0 Å². The average Bonchev–Trinajstić information content (AvgIpc) is 2.91. The summed E-state index contributed by atoms with van der Waals surface area (Å²) in [4.78, 5) is 16.6. The molecule has 0 saturated carbocycles. The van der Waals surface area contributed by atoms with Gasteiger partial charge in [-0.25, -0.2) is 4.98 Å². The van der Waals surface area contributed by atoms with Crippen molar-refractivity contribution in [3.63, 3.8) is 0 Å². The van der Waals surface area contributed by atoms with E-state index in [-0.39, 0.29) is 18.5 Å². The second-order valence-electron chi connectivity index (χ2n) is 5.51. The Kier molecular flexibility index (Phi) is 3.92. The first-order valence-electron chi connectivity index (χ1n) is 7.40. The molecule has 1 atom stereocenters. The van der Waals surface area contributed by atoms with E-state index in [1.54, 1.807) is 6.33 Å². The number of hydrogen-bond donors (Lipinski definition) is 1. The molecule has 1 heterocycles. The molecule has 22 heavy (non-hydrogen) atoms. The summed E-state index contributed by atoms with van der Waals surface area (Å²) in [5, 5.41) is 3.05. The lowest BCUT2D eigenvalue weighted by atomic mass is 10.0. The number of rotatable bonds is 4. The first-order chi connectivity index (χ1) is 10.6. The van der Waals surface area contributed by atoms with Gasteiger partial charge in [0.1, 0.15) is 6.54 Å². The zero-order valence-electron chi connectivity index (χ0n) is 12.8. The fourth-order valence-electron chi connectivity index (χ4n) is 2.73. The van der Waals surface area contributed by atoms with Crippen LogP contribution >= 0.6 is 0 Å². The van der Waals surface area contributed by atoms with Gasteiger partial charge in [-0.1, -0.05) is 36.4 Å². The van der Waals surface area contributed by atoms with E-state index in [0.29, 0.717) is 0 Å². The van der Waals surface area contributed by atoms with Gasteiger partial charge in [0.05, 0.1) is 23.4 Å². The van der Waals surface area contributed by atoms with Gasteiger partial charge in [0.25, 0.3) is 0 Å². The maximum Gasteiger partial charge on any atom is 0.240 e. The fourth-order valence-corrected chi connectivity index (χ4v) is 2.73. The number of aryl methyl sites for hydroxylation is 1. The molecule has 3 aromatic rings. The molecule has 0 spiro atoms. The SMILES string of the molecule is Cc1ccccc1[C@@H](C)NC(=O)Cn1cnc2ccccc21. The van der Waals surface area contributed by atoms with Crippen LogP contribution in [0.1, 0.15) is 24.1 Å². The minimum atomic E-state index is -0.0149. The molecule has 1 aromatic heterocycles. The molecule has 0 bridgehead atoms. The van der Waals surface area contributed by atoms with E-state index in [9.17, 15) is 4.79 Å². The maximum atomic E-state index is 12.3. The number of para-hydroxylation sites is 2. The molecule has 0 aliphatic heterocycles. The summed E-state index contributed by atoms with van der Waals surface area (Å²) in [6, 6.07) is 15.9. The van der Waals surface area contributed by atoms with Gasteiger partial charge in [0.15, 0.2) is 0 Å². The summed E-state index contributed by atoms with van der Waals surface area (Å²) in [5.41, 5.74) is 4.21. The van der Waals surface area contributed by atoms with Crippen molar-refractivity contribution < 1.29 is 4.79 Å². The predicted octanol–water partition coefficient (Wildman–Crippen LogP) is 3.22. The average molecular weight is 293 g/mol. The third-order valence-corrected chi connectivity index (χ3v) is 3.87. The predicted molar refractivity (Wildman–Crippen MR) is 87.5 cm³/mol. The van der Waals surface area contributed by atoms with Gasteiger partial charge in [0, 0.05) is 0 Å². The van der Waals surface area contributed by atoms with Crippen molar-refractivity contribution in [1.29, 1.82) is 0 Å². The first-order valence-corrected chi connectivity index (χ1v) is 7.40. The molecule has 4 nitrogen and oxygen atoms in total. The minimum absolute atomic E-state index is 0.0107. The highest BCUT2D eigenvalue weighted by Crippen LogP contribution is 2.17. The number of fused-ring (bicyclic) bond motifs is 1. The third-order valence-electron chi connectivity index (χ3n) is 3.87. The van der Waals surface area contributed by atoms with Crippen LogP contribution in [0.5, 0.6) is 0 Å². The lowest BCUT2D eigenvalue weighted by Gasteiger charge is -2.16. The van der Waals surface area contributed by atoms with Crippen LogP contribution in [0.2, 0.25) is 0 Å². The van der Waals surface area contributed by atoms with Crippen LogP contribution < -0.4 is 5.32 Å². The molecule has 2 aromatic carbocycles. The Labute approximate surface area is 129 Å². The molecular formula is C18H19N3O. The lowest BCUT2D eigenvalue weighted by Crippen LogP contribution is -2.30. The molecule has 4 heteroatoms. The smallest absolute Gasteiger partial charge is 0.240 e. The van der Waals surface area contributed by atoms with Crippen molar-refractivity contribution >= 4 is 16.9 Å². The van der Waals surface area contributed by atoms with E-state index >= 15 is 0 Å². The van der Waals surface area contributed by atoms with Crippen LogP contribution in [0.4, 0.5) is 0 Å². The number of carbonyl (C=O) groups excluding carboxylic acids is 1. The van der Waals surface area contributed by atoms with Crippen LogP contribution in [-0.2, 0) is 11.3 Å². The van der Waals surface area contributed by atoms with Crippen LogP contribution in [0.25, 0.3) is 11.0 Å². The lowest BCUT2D eigenvalue weighted by molar-refractivity contribution is -0.122. The van der Waals surface area contributed by atoms with Gasteiger partial charge in [-0.05, 0) is 37.1 Å². The van der Waals surface area contributed by atoms with Gasteiger partial charge in [0.2, 0.25) is 5.91 Å². The molecule has 112 valence electrons. The van der Waals surface area contributed by atoms with Crippen LogP contribution in [0, 0.1) is 6.92 Å². The first kappa shape index (κ1) is 14.3. The molecule has 0 saturated heterocycles. The van der Waals surface area contributed by atoms with Gasteiger partial charge in [-0.15, -0.1) is 0 Å². The highest BCUT2D eigenvalue weighted by molar-refractivity contribution is 5.80. The molecule has 0 radical (unpaired) electrons. The second-order valence-corrected chi connectivity index (χ2v) is 5.51. The zero-order chi connectivity index (χ0) is 15.5. The topological polar surface area (TPSA) is 46.9 Å². The van der Waals surface area contributed by atoms with E-state index in [4.69, 9.17) is 0 Å². The number of hydrogen-bond acceptors (Lipinski definition) is 2. The van der Waals surface area contributed by atoms with Gasteiger partial charge >= 0.3 is 0 Å². The summed E-state index contributed by atoms with van der Waals surface area (Å²) in [6.45, 7) is 4.34. The molecule has 0 unspecified atom stereocenters. The van der Waals surface area contributed by atoms with Crippen molar-refractivity contribution in [2.24, 2.45) is 0 Å². The summed E-state index contributed by atoms with van der Waals surface area (Å²) in [6.07, 6.45) is 1.71. The zero-order valence-corrected chi connectivity index (χ0v) is 12.8. The number of nitrogens with zero attached hydrogens (tertiary/aromatic N) is 2. The fraction of sp³-hybridized carbons (Fsp3) is 0.222. The van der Waals surface area contributed by atoms with Gasteiger partial charge in [-0.3, -0.25) is 4.79 Å². The highest BCUT2D eigenvalue weighted by Gasteiger charge is 2.12. The van der Waals surface area contributed by atoms with Crippen LogP contribution in [-0.4, -0.2) is 15.5 Å². The Morgan fingerprint density at radius 1 is 1.18 bits per heavy atom. The van der Waals surface area contributed by atoms with Crippen molar-refractivity contribution in [1.82, 2.24) is 14.9 Å². The standard InChI is InChI=1S/C18H19N3O/c1-13-7-3-4-8-15(13)14(2)20-18(22)11-21-12-19-16-9-5-6-10-17(16)21/h3-10,12,14H,11H2,1-2H3,(H,20,22)/t14-/m1/s1. The quantitative estimate of drug-likeness (QED) is 0.803. The van der Waals surface area contributed by atoms with Crippen LogP contribution in [0.15, 0.2) is 54.9 Å². The van der Waals surface area contributed by atoms with Crippen LogP contribution in [0.3, 0.4) is 0 Å². The van der Waals surface area contributed by atoms with Gasteiger partial charge < -0.3 is 9.88 Å². The normalized spacial score (nSPS) is 12.3. The van der Waals surface area contributed by atoms with E-state index < -0.39 is 0 Å². The Hall–Kier alpha value is -2.62. The molecular weight excluding hydrogens is 274 g/mol. The molecule has 0 fully saturated rings. The number of amides is 1. The summed E-state index contributed by atoms with van der Waals surface area (Å²) < 4.78 is 1.87. The molecule has 1 amide bonds. The second kappa shape index (κ2) is 6.02. The van der Waals surface area contributed by atoms with Crippen molar-refractivity contribution in [3.05, 3.63) is 66.0 Å². The molecule has 0 aliphatic carbocycles. The Morgan fingerprint density at radius 3 is 2.73 bits per heavy atom. The molecule has 0 aliphatic rings. The summed E-state index contributed by atoms with van der Waals surface area (Å²) in [5.74, 6) is -0.0149. The Morgan fingerprint density at radius 2 is 1.91 bits per heavy atom. The largest absolute Gasteiger partial charge is 0.348 e.